The van der Waals surface area contributed by atoms with Crippen molar-refractivity contribution in [1.29, 1.82) is 0 Å². The Labute approximate surface area is 209 Å². The van der Waals surface area contributed by atoms with E-state index in [9.17, 15) is 9.59 Å². The summed E-state index contributed by atoms with van der Waals surface area (Å²) in [6.45, 7) is 5.61. The molecule has 0 aliphatic rings. The van der Waals surface area contributed by atoms with Gasteiger partial charge in [-0.3, -0.25) is 9.59 Å². The molecule has 0 aliphatic heterocycles. The fraction of sp³-hybridized carbons (Fsp3) is 0.448. The maximum absolute atomic E-state index is 13.4. The lowest BCUT2D eigenvalue weighted by atomic mass is 10.0. The van der Waals surface area contributed by atoms with Gasteiger partial charge in [-0.25, -0.2) is 0 Å². The number of aryl methyl sites for hydroxylation is 2. The third-order valence-electron chi connectivity index (χ3n) is 6.31. The van der Waals surface area contributed by atoms with Gasteiger partial charge < -0.3 is 18.8 Å². The third kappa shape index (κ3) is 7.88. The van der Waals surface area contributed by atoms with Crippen molar-refractivity contribution in [3.05, 3.63) is 83.6 Å². The summed E-state index contributed by atoms with van der Waals surface area (Å²) in [7, 11) is 1.96. The van der Waals surface area contributed by atoms with E-state index >= 15 is 0 Å². The molecule has 6 nitrogen and oxygen atoms in total. The first-order valence-corrected chi connectivity index (χ1v) is 12.8. The molecule has 1 aromatic carbocycles. The average Bonchev–Trinajstić information content (AvgIpc) is 3.53. The van der Waals surface area contributed by atoms with Crippen LogP contribution in [0.3, 0.4) is 0 Å². The lowest BCUT2D eigenvalue weighted by molar-refractivity contribution is -0.133. The van der Waals surface area contributed by atoms with Gasteiger partial charge in [0.2, 0.25) is 5.91 Å². The second kappa shape index (κ2) is 13.6. The minimum atomic E-state index is -0.102. The predicted octanol–water partition coefficient (Wildman–Crippen LogP) is 5.82. The molecule has 188 valence electrons. The molecule has 6 heteroatoms. The Bertz CT molecular complexity index is 1040. The van der Waals surface area contributed by atoms with Gasteiger partial charge in [0.25, 0.3) is 5.91 Å². The van der Waals surface area contributed by atoms with E-state index in [2.05, 4.69) is 6.92 Å². The summed E-state index contributed by atoms with van der Waals surface area (Å²) in [5, 5.41) is 0. The fourth-order valence-electron chi connectivity index (χ4n) is 4.22. The Balaban J connectivity index is 1.68. The van der Waals surface area contributed by atoms with Crippen LogP contribution in [0.5, 0.6) is 0 Å². The Morgan fingerprint density at radius 1 is 0.886 bits per heavy atom. The highest BCUT2D eigenvalue weighted by Gasteiger charge is 2.23. The van der Waals surface area contributed by atoms with Gasteiger partial charge in [-0.1, -0.05) is 45.2 Å². The average molecular weight is 478 g/mol. The van der Waals surface area contributed by atoms with Crippen LogP contribution in [0, 0.1) is 0 Å². The summed E-state index contributed by atoms with van der Waals surface area (Å²) in [4.78, 5) is 30.2. The number of unbranched alkanes of at least 4 members (excludes halogenated alkanes) is 3. The van der Waals surface area contributed by atoms with Crippen molar-refractivity contribution in [2.45, 2.75) is 65.5 Å². The lowest BCUT2D eigenvalue weighted by Gasteiger charge is -2.27. The van der Waals surface area contributed by atoms with Crippen LogP contribution < -0.4 is 0 Å². The van der Waals surface area contributed by atoms with Gasteiger partial charge in [0.1, 0.15) is 12.3 Å². The first-order valence-electron chi connectivity index (χ1n) is 12.8. The lowest BCUT2D eigenvalue weighted by Crippen LogP contribution is -2.43. The molecule has 3 rings (SSSR count). The second-order valence-corrected chi connectivity index (χ2v) is 9.17. The molecule has 0 fully saturated rings. The molecule has 0 unspecified atom stereocenters. The molecule has 2 heterocycles. The van der Waals surface area contributed by atoms with Gasteiger partial charge in [-0.2, -0.15) is 0 Å². The van der Waals surface area contributed by atoms with Crippen LogP contribution in [0.25, 0.3) is 0 Å². The molecule has 0 saturated carbocycles. The number of nitrogens with zero attached hydrogens (tertiary/aromatic N) is 3. The number of hydrogen-bond donors (Lipinski definition) is 0. The van der Waals surface area contributed by atoms with Crippen molar-refractivity contribution >= 4 is 11.8 Å². The number of amides is 2. The Hall–Kier alpha value is -3.28. The van der Waals surface area contributed by atoms with Gasteiger partial charge in [0, 0.05) is 31.0 Å². The van der Waals surface area contributed by atoms with Crippen LogP contribution >= 0.6 is 0 Å². The van der Waals surface area contributed by atoms with E-state index in [-0.39, 0.29) is 18.4 Å². The quantitative estimate of drug-likeness (QED) is 0.275. The molecule has 0 bridgehead atoms. The first-order chi connectivity index (χ1) is 17.0. The zero-order valence-corrected chi connectivity index (χ0v) is 21.4. The highest BCUT2D eigenvalue weighted by Crippen LogP contribution is 2.15. The predicted molar refractivity (Wildman–Crippen MR) is 139 cm³/mol. The number of furan rings is 1. The molecule has 0 atom stereocenters. The summed E-state index contributed by atoms with van der Waals surface area (Å²) in [6, 6.07) is 15.5. The van der Waals surface area contributed by atoms with Gasteiger partial charge in [0.15, 0.2) is 0 Å². The Morgan fingerprint density at radius 2 is 1.69 bits per heavy atom. The number of aromatic nitrogens is 1. The summed E-state index contributed by atoms with van der Waals surface area (Å²) >= 11 is 0. The van der Waals surface area contributed by atoms with E-state index in [0.29, 0.717) is 25.2 Å². The maximum atomic E-state index is 13.4. The molecule has 35 heavy (non-hydrogen) atoms. The van der Waals surface area contributed by atoms with Crippen LogP contribution in [0.15, 0.2) is 65.4 Å². The molecule has 2 amide bonds. The van der Waals surface area contributed by atoms with E-state index in [1.807, 2.05) is 73.3 Å². The topological polar surface area (TPSA) is 58.7 Å². The summed E-state index contributed by atoms with van der Waals surface area (Å²) in [5.41, 5.74) is 2.90. The van der Waals surface area contributed by atoms with Gasteiger partial charge in [-0.05, 0) is 61.2 Å². The van der Waals surface area contributed by atoms with Crippen molar-refractivity contribution in [3.8, 4) is 0 Å². The Morgan fingerprint density at radius 3 is 2.31 bits per heavy atom. The first kappa shape index (κ1) is 26.3. The minimum absolute atomic E-state index is 0.0383. The largest absolute Gasteiger partial charge is 0.467 e. The SMILES string of the molecule is CCCCCCc1ccc(C(=O)N(CCC)CC(=O)N(Cc2ccco2)Cc2cccn2C)cc1. The summed E-state index contributed by atoms with van der Waals surface area (Å²) in [6.07, 6.45) is 10.3. The van der Waals surface area contributed by atoms with Crippen molar-refractivity contribution in [2.24, 2.45) is 7.05 Å². The normalized spacial score (nSPS) is 10.9. The number of carbonyl (C=O) groups is 2. The second-order valence-electron chi connectivity index (χ2n) is 9.17. The summed E-state index contributed by atoms with van der Waals surface area (Å²) in [5.74, 6) is 0.516. The molecule has 2 aromatic heterocycles. The van der Waals surface area contributed by atoms with E-state index in [4.69, 9.17) is 4.42 Å². The zero-order chi connectivity index (χ0) is 25.0. The molecular weight excluding hydrogens is 438 g/mol. The molecule has 0 aliphatic carbocycles. The maximum Gasteiger partial charge on any atom is 0.254 e. The van der Waals surface area contributed by atoms with Crippen molar-refractivity contribution < 1.29 is 14.0 Å². The van der Waals surface area contributed by atoms with Crippen LogP contribution in [-0.4, -0.2) is 39.3 Å². The van der Waals surface area contributed by atoms with E-state index < -0.39 is 0 Å². The van der Waals surface area contributed by atoms with Crippen LogP contribution in [0.2, 0.25) is 0 Å². The van der Waals surface area contributed by atoms with Crippen LogP contribution in [-0.2, 0) is 31.4 Å². The van der Waals surface area contributed by atoms with Crippen LogP contribution in [0.1, 0.15) is 73.3 Å². The van der Waals surface area contributed by atoms with Gasteiger partial charge in [-0.15, -0.1) is 0 Å². The standard InChI is InChI=1S/C29H39N3O3/c1-4-6-7-8-11-24-14-16-25(17-15-24)29(34)31(18-5-2)23-28(33)32(22-27-13-10-20-35-27)21-26-12-9-19-30(26)3/h9-10,12-17,19-20H,4-8,11,18,21-23H2,1-3H3. The van der Waals surface area contributed by atoms with Gasteiger partial charge in [0.05, 0.1) is 19.4 Å². The zero-order valence-electron chi connectivity index (χ0n) is 21.4. The number of rotatable bonds is 14. The summed E-state index contributed by atoms with van der Waals surface area (Å²) < 4.78 is 7.51. The van der Waals surface area contributed by atoms with Gasteiger partial charge >= 0.3 is 0 Å². The number of benzene rings is 1. The smallest absolute Gasteiger partial charge is 0.254 e. The monoisotopic (exact) mass is 477 g/mol. The number of hydrogen-bond acceptors (Lipinski definition) is 3. The molecule has 0 saturated heterocycles. The fourth-order valence-corrected chi connectivity index (χ4v) is 4.22. The molecule has 0 radical (unpaired) electrons. The molecule has 0 N–H and O–H groups in total. The minimum Gasteiger partial charge on any atom is -0.467 e. The van der Waals surface area contributed by atoms with E-state index in [1.165, 1.54) is 31.2 Å². The Kier molecular flexibility index (Phi) is 10.2. The van der Waals surface area contributed by atoms with Crippen LogP contribution in [0.4, 0.5) is 0 Å². The van der Waals surface area contributed by atoms with Crippen molar-refractivity contribution in [2.75, 3.05) is 13.1 Å². The number of carbonyl (C=O) groups excluding carboxylic acids is 2. The van der Waals surface area contributed by atoms with Crippen molar-refractivity contribution in [3.63, 3.8) is 0 Å². The molecule has 3 aromatic rings. The molecule has 0 spiro atoms. The molecular formula is C29H39N3O3. The highest BCUT2D eigenvalue weighted by atomic mass is 16.3. The highest BCUT2D eigenvalue weighted by molar-refractivity contribution is 5.96. The van der Waals surface area contributed by atoms with Crippen molar-refractivity contribution in [1.82, 2.24) is 14.4 Å². The van der Waals surface area contributed by atoms with E-state index in [0.717, 1.165) is 24.3 Å². The third-order valence-corrected chi connectivity index (χ3v) is 6.31. The van der Waals surface area contributed by atoms with E-state index in [1.54, 1.807) is 16.1 Å².